The Morgan fingerprint density at radius 1 is 1.07 bits per heavy atom. The summed E-state index contributed by atoms with van der Waals surface area (Å²) in [5, 5.41) is 10.9. The fraction of sp³-hybridized carbons (Fsp3) is 0. The van der Waals surface area contributed by atoms with Crippen LogP contribution in [0.5, 0.6) is 0 Å². The first-order valence-electron chi connectivity index (χ1n) is 4.41. The van der Waals surface area contributed by atoms with Crippen LogP contribution in [0.2, 0.25) is 0 Å². The van der Waals surface area contributed by atoms with Crippen molar-refractivity contribution in [1.29, 1.82) is 0 Å². The zero-order chi connectivity index (χ0) is 10.8. The molecule has 0 atom stereocenters. The van der Waals surface area contributed by atoms with E-state index in [9.17, 15) is 5.21 Å². The molecule has 0 saturated heterocycles. The van der Waals surface area contributed by atoms with Gasteiger partial charge in [0.1, 0.15) is 0 Å². The number of hydrogen-bond donors (Lipinski definition) is 1. The molecule has 3 nitrogen and oxygen atoms in total. The van der Waals surface area contributed by atoms with Crippen LogP contribution in [-0.2, 0) is 0 Å². The van der Waals surface area contributed by atoms with Gasteiger partial charge in [-0.1, -0.05) is 6.07 Å². The van der Waals surface area contributed by atoms with Gasteiger partial charge in [-0.3, -0.25) is 0 Å². The van der Waals surface area contributed by atoms with Crippen molar-refractivity contribution in [2.24, 2.45) is 0 Å². The Balaban J connectivity index is 2.45. The fourth-order valence-electron chi connectivity index (χ4n) is 1.31. The summed E-state index contributed by atoms with van der Waals surface area (Å²) in [6.45, 7) is 0. The first-order chi connectivity index (χ1) is 7.16. The molecule has 4 heteroatoms. The molecule has 0 spiro atoms. The van der Waals surface area contributed by atoms with Crippen molar-refractivity contribution in [3.63, 3.8) is 0 Å². The summed E-state index contributed by atoms with van der Waals surface area (Å²) in [5.41, 5.74) is 8.41. The number of nitrogens with two attached hydrogens (primary N) is 1. The second kappa shape index (κ2) is 3.90. The second-order valence-electron chi connectivity index (χ2n) is 3.18. The molecule has 0 unspecified atom stereocenters. The summed E-state index contributed by atoms with van der Waals surface area (Å²) in [4.78, 5) is 0. The van der Waals surface area contributed by atoms with E-state index in [0.29, 0.717) is 5.69 Å². The Labute approximate surface area is 95.9 Å². The lowest BCUT2D eigenvalue weighted by atomic mass is 10.1. The van der Waals surface area contributed by atoms with Crippen molar-refractivity contribution in [1.82, 2.24) is 0 Å². The minimum absolute atomic E-state index is 0.702. The number of hydrogen-bond acceptors (Lipinski definition) is 2. The molecule has 0 fully saturated rings. The van der Waals surface area contributed by atoms with Gasteiger partial charge < -0.3 is 10.9 Å². The van der Waals surface area contributed by atoms with E-state index < -0.39 is 0 Å². The number of benzene rings is 1. The van der Waals surface area contributed by atoms with Gasteiger partial charge in [0.25, 0.3) is 0 Å². The van der Waals surface area contributed by atoms with Gasteiger partial charge >= 0.3 is 0 Å². The van der Waals surface area contributed by atoms with Gasteiger partial charge in [-0.05, 0) is 39.2 Å². The lowest BCUT2D eigenvalue weighted by Gasteiger charge is -2.04. The maximum atomic E-state index is 10.9. The molecule has 76 valence electrons. The summed E-state index contributed by atoms with van der Waals surface area (Å²) in [7, 11) is 0. The molecule has 0 amide bonds. The highest BCUT2D eigenvalue weighted by atomic mass is 79.9. The van der Waals surface area contributed by atoms with Gasteiger partial charge in [0.05, 0.1) is 0 Å². The summed E-state index contributed by atoms with van der Waals surface area (Å²) in [6.07, 6.45) is 2.94. The Bertz CT molecular complexity index is 482. The van der Waals surface area contributed by atoms with Crippen LogP contribution in [0.15, 0.2) is 47.2 Å². The summed E-state index contributed by atoms with van der Waals surface area (Å²) in [6, 6.07) is 9.22. The van der Waals surface area contributed by atoms with Crippen LogP contribution in [0.4, 0.5) is 5.69 Å². The molecule has 0 radical (unpaired) electrons. The van der Waals surface area contributed by atoms with Crippen molar-refractivity contribution in [3.05, 3.63) is 52.4 Å². The molecule has 0 aliphatic rings. The van der Waals surface area contributed by atoms with Crippen molar-refractivity contribution in [3.8, 4) is 11.1 Å². The number of aromatic nitrogens is 1. The highest BCUT2D eigenvalue weighted by Crippen LogP contribution is 2.26. The first-order valence-corrected chi connectivity index (χ1v) is 5.20. The average Bonchev–Trinajstić information content (AvgIpc) is 2.23. The zero-order valence-corrected chi connectivity index (χ0v) is 9.44. The SMILES string of the molecule is Nc1ccc(-c2cc[n+]([O-])cc2)cc1Br. The monoisotopic (exact) mass is 264 g/mol. The zero-order valence-electron chi connectivity index (χ0n) is 7.85. The van der Waals surface area contributed by atoms with Crippen LogP contribution in [0.1, 0.15) is 0 Å². The third kappa shape index (κ3) is 2.10. The van der Waals surface area contributed by atoms with Crippen LogP contribution in [0.25, 0.3) is 11.1 Å². The fourth-order valence-corrected chi connectivity index (χ4v) is 1.69. The quantitative estimate of drug-likeness (QED) is 0.488. The molecule has 1 aromatic heterocycles. The normalized spacial score (nSPS) is 10.2. The molecule has 0 aliphatic carbocycles. The Kier molecular flexibility index (Phi) is 2.60. The van der Waals surface area contributed by atoms with Gasteiger partial charge in [-0.2, -0.15) is 4.73 Å². The van der Waals surface area contributed by atoms with E-state index in [0.717, 1.165) is 20.3 Å². The van der Waals surface area contributed by atoms with Crippen LogP contribution in [0.3, 0.4) is 0 Å². The molecule has 0 aliphatic heterocycles. The van der Waals surface area contributed by atoms with E-state index in [4.69, 9.17) is 5.73 Å². The van der Waals surface area contributed by atoms with Crippen molar-refractivity contribution >= 4 is 21.6 Å². The van der Waals surface area contributed by atoms with Gasteiger partial charge in [0.2, 0.25) is 0 Å². The molecular formula is C11H9BrN2O. The molecular weight excluding hydrogens is 256 g/mol. The van der Waals surface area contributed by atoms with Gasteiger partial charge in [0, 0.05) is 22.3 Å². The number of anilines is 1. The van der Waals surface area contributed by atoms with Gasteiger partial charge in [-0.25, -0.2) is 0 Å². The van der Waals surface area contributed by atoms with Crippen molar-refractivity contribution < 1.29 is 4.73 Å². The molecule has 0 bridgehead atoms. The van der Waals surface area contributed by atoms with Crippen molar-refractivity contribution in [2.45, 2.75) is 0 Å². The maximum Gasteiger partial charge on any atom is 0.180 e. The van der Waals surface area contributed by atoms with Crippen molar-refractivity contribution in [2.75, 3.05) is 5.73 Å². The molecule has 1 aromatic carbocycles. The third-order valence-electron chi connectivity index (χ3n) is 2.14. The standard InChI is InChI=1S/C11H9BrN2O/c12-10-7-9(1-2-11(10)13)8-3-5-14(15)6-4-8/h1-7H,13H2. The first kappa shape index (κ1) is 9.98. The summed E-state index contributed by atoms with van der Waals surface area (Å²) in [5.74, 6) is 0. The maximum absolute atomic E-state index is 10.9. The minimum Gasteiger partial charge on any atom is -0.619 e. The number of nitrogen functional groups attached to an aromatic ring is 1. The average molecular weight is 265 g/mol. The van der Waals surface area contributed by atoms with Crippen LogP contribution < -0.4 is 10.5 Å². The van der Waals surface area contributed by atoms with Crippen LogP contribution >= 0.6 is 15.9 Å². The van der Waals surface area contributed by atoms with Gasteiger partial charge in [0.15, 0.2) is 12.4 Å². The highest BCUT2D eigenvalue weighted by molar-refractivity contribution is 9.10. The predicted octanol–water partition coefficient (Wildman–Crippen LogP) is 2.33. The Morgan fingerprint density at radius 3 is 2.33 bits per heavy atom. The molecule has 1 heterocycles. The smallest absolute Gasteiger partial charge is 0.180 e. The number of halogens is 1. The van der Waals surface area contributed by atoms with E-state index >= 15 is 0 Å². The molecule has 2 rings (SSSR count). The lowest BCUT2D eigenvalue weighted by Crippen LogP contribution is -2.23. The summed E-state index contributed by atoms with van der Waals surface area (Å²) < 4.78 is 1.62. The van der Waals surface area contributed by atoms with E-state index in [1.165, 1.54) is 12.4 Å². The minimum atomic E-state index is 0.702. The lowest BCUT2D eigenvalue weighted by molar-refractivity contribution is -0.605. The largest absolute Gasteiger partial charge is 0.619 e. The predicted molar refractivity (Wildman–Crippen MR) is 63.0 cm³/mol. The third-order valence-corrected chi connectivity index (χ3v) is 2.82. The number of rotatable bonds is 1. The topological polar surface area (TPSA) is 53.0 Å². The van der Waals surface area contributed by atoms with E-state index in [1.54, 1.807) is 12.1 Å². The molecule has 0 saturated carbocycles. The number of nitrogens with zero attached hydrogens (tertiary/aromatic N) is 1. The summed E-state index contributed by atoms with van der Waals surface area (Å²) >= 11 is 3.37. The molecule has 15 heavy (non-hydrogen) atoms. The van der Waals surface area contributed by atoms with E-state index in [1.807, 2.05) is 18.2 Å². The number of pyridine rings is 1. The second-order valence-corrected chi connectivity index (χ2v) is 4.04. The van der Waals surface area contributed by atoms with Crippen LogP contribution in [0, 0.1) is 5.21 Å². The Morgan fingerprint density at radius 2 is 1.73 bits per heavy atom. The van der Waals surface area contributed by atoms with E-state index in [-0.39, 0.29) is 0 Å². The Hall–Kier alpha value is -1.55. The van der Waals surface area contributed by atoms with E-state index in [2.05, 4.69) is 15.9 Å². The van der Waals surface area contributed by atoms with Crippen LogP contribution in [-0.4, -0.2) is 0 Å². The molecule has 2 aromatic rings. The highest BCUT2D eigenvalue weighted by Gasteiger charge is 2.01. The van der Waals surface area contributed by atoms with Gasteiger partial charge in [-0.15, -0.1) is 0 Å². The molecule has 2 N–H and O–H groups in total.